The Kier molecular flexibility index (Phi) is 2.90. The monoisotopic (exact) mass is 255 g/mol. The molecule has 1 atom stereocenters. The minimum absolute atomic E-state index is 0.0195. The lowest BCUT2D eigenvalue weighted by molar-refractivity contribution is -0.0912. The van der Waals surface area contributed by atoms with Crippen LogP contribution in [-0.2, 0) is 12.3 Å². The van der Waals surface area contributed by atoms with Crippen LogP contribution < -0.4 is 4.74 Å². The van der Waals surface area contributed by atoms with Gasteiger partial charge in [-0.1, -0.05) is 6.92 Å². The van der Waals surface area contributed by atoms with Gasteiger partial charge in [0.15, 0.2) is 17.3 Å². The van der Waals surface area contributed by atoms with Gasteiger partial charge in [-0.05, 0) is 24.1 Å². The van der Waals surface area contributed by atoms with Crippen LogP contribution in [0.4, 0.5) is 9.18 Å². The molecule has 0 radical (unpaired) electrons. The number of benzene rings is 1. The summed E-state index contributed by atoms with van der Waals surface area (Å²) in [6.45, 7) is 1.67. The van der Waals surface area contributed by atoms with E-state index in [1.54, 1.807) is 6.92 Å². The van der Waals surface area contributed by atoms with Crippen LogP contribution in [0, 0.1) is 5.82 Å². The van der Waals surface area contributed by atoms with Gasteiger partial charge < -0.3 is 14.9 Å². The van der Waals surface area contributed by atoms with Crippen LogP contribution >= 0.6 is 0 Å². The average molecular weight is 255 g/mol. The van der Waals surface area contributed by atoms with Crippen molar-refractivity contribution in [1.29, 1.82) is 0 Å². The number of fused-ring (bicyclic) bond motifs is 1. The smallest absolute Gasteiger partial charge is 0.410 e. The Morgan fingerprint density at radius 2 is 2.28 bits per heavy atom. The number of ether oxygens (including phenoxy) is 1. The Labute approximate surface area is 103 Å². The molecule has 0 saturated heterocycles. The van der Waals surface area contributed by atoms with Gasteiger partial charge >= 0.3 is 6.09 Å². The van der Waals surface area contributed by atoms with Gasteiger partial charge in [0.1, 0.15) is 0 Å². The molecule has 1 aromatic carbocycles. The van der Waals surface area contributed by atoms with Crippen molar-refractivity contribution in [3.63, 3.8) is 0 Å². The molecule has 0 bridgehead atoms. The van der Waals surface area contributed by atoms with Crippen LogP contribution in [0.2, 0.25) is 0 Å². The fraction of sp³-hybridized carbons (Fsp3) is 0.417. The van der Waals surface area contributed by atoms with E-state index in [-0.39, 0.29) is 24.3 Å². The number of carbonyl (C=O) groups is 1. The third-order valence-corrected chi connectivity index (χ3v) is 3.31. The Balaban J connectivity index is 2.57. The number of carboxylic acid groups (broad SMARTS) is 1. The first kappa shape index (κ1) is 12.6. The molecule has 1 aromatic rings. The van der Waals surface area contributed by atoms with Gasteiger partial charge in [-0.25, -0.2) is 9.18 Å². The van der Waals surface area contributed by atoms with Crippen molar-refractivity contribution >= 4 is 6.09 Å². The highest BCUT2D eigenvalue weighted by molar-refractivity contribution is 5.68. The largest absolute Gasteiger partial charge is 0.494 e. The van der Waals surface area contributed by atoms with Gasteiger partial charge in [0.2, 0.25) is 0 Å². The van der Waals surface area contributed by atoms with Crippen LogP contribution in [-0.4, -0.2) is 28.3 Å². The summed E-state index contributed by atoms with van der Waals surface area (Å²) in [6, 6.07) is 2.56. The van der Waals surface area contributed by atoms with E-state index in [0.717, 1.165) is 11.0 Å². The SMILES string of the molecule is CCC1(O)c2cc(F)c(OC)cc2CN1C(=O)O. The Morgan fingerprint density at radius 1 is 1.61 bits per heavy atom. The van der Waals surface area contributed by atoms with E-state index in [4.69, 9.17) is 9.84 Å². The van der Waals surface area contributed by atoms with Crippen LogP contribution in [0.1, 0.15) is 24.5 Å². The molecule has 0 fully saturated rings. The van der Waals surface area contributed by atoms with Crippen molar-refractivity contribution in [2.75, 3.05) is 7.11 Å². The molecule has 1 unspecified atom stereocenters. The van der Waals surface area contributed by atoms with E-state index < -0.39 is 17.6 Å². The Bertz CT molecular complexity index is 505. The number of rotatable bonds is 2. The van der Waals surface area contributed by atoms with Crippen molar-refractivity contribution in [1.82, 2.24) is 4.90 Å². The molecule has 1 aliphatic heterocycles. The lowest BCUT2D eigenvalue weighted by atomic mass is 9.98. The summed E-state index contributed by atoms with van der Waals surface area (Å²) in [4.78, 5) is 12.0. The first-order valence-electron chi connectivity index (χ1n) is 5.54. The van der Waals surface area contributed by atoms with Crippen molar-refractivity contribution in [2.24, 2.45) is 0 Å². The van der Waals surface area contributed by atoms with Gasteiger partial charge in [-0.2, -0.15) is 0 Å². The molecule has 1 amide bonds. The van der Waals surface area contributed by atoms with Gasteiger partial charge in [-0.15, -0.1) is 0 Å². The molecule has 0 saturated carbocycles. The zero-order chi connectivity index (χ0) is 13.5. The highest BCUT2D eigenvalue weighted by Crippen LogP contribution is 2.41. The molecule has 0 spiro atoms. The molecular formula is C12H14FNO4. The van der Waals surface area contributed by atoms with Crippen molar-refractivity contribution in [3.05, 3.63) is 29.1 Å². The molecule has 98 valence electrons. The van der Waals surface area contributed by atoms with E-state index in [0.29, 0.717) is 5.56 Å². The first-order chi connectivity index (χ1) is 8.43. The van der Waals surface area contributed by atoms with Gasteiger partial charge in [-0.3, -0.25) is 4.90 Å². The maximum Gasteiger partial charge on any atom is 0.410 e. The molecule has 0 aromatic heterocycles. The molecular weight excluding hydrogens is 241 g/mol. The van der Waals surface area contributed by atoms with Crippen LogP contribution in [0.15, 0.2) is 12.1 Å². The molecule has 1 aliphatic rings. The fourth-order valence-electron chi connectivity index (χ4n) is 2.31. The summed E-state index contributed by atoms with van der Waals surface area (Å²) >= 11 is 0. The van der Waals surface area contributed by atoms with Crippen LogP contribution in [0.25, 0.3) is 0 Å². The second kappa shape index (κ2) is 4.13. The third-order valence-electron chi connectivity index (χ3n) is 3.31. The first-order valence-corrected chi connectivity index (χ1v) is 5.54. The zero-order valence-corrected chi connectivity index (χ0v) is 10.1. The fourth-order valence-corrected chi connectivity index (χ4v) is 2.31. The Morgan fingerprint density at radius 3 is 2.78 bits per heavy atom. The number of halogens is 1. The number of nitrogens with zero attached hydrogens (tertiary/aromatic N) is 1. The quantitative estimate of drug-likeness (QED) is 0.846. The predicted molar refractivity (Wildman–Crippen MR) is 60.7 cm³/mol. The number of hydrogen-bond acceptors (Lipinski definition) is 3. The second-order valence-electron chi connectivity index (χ2n) is 4.18. The van der Waals surface area contributed by atoms with E-state index >= 15 is 0 Å². The second-order valence-corrected chi connectivity index (χ2v) is 4.18. The molecule has 18 heavy (non-hydrogen) atoms. The molecule has 1 heterocycles. The highest BCUT2D eigenvalue weighted by Gasteiger charge is 2.45. The maximum absolute atomic E-state index is 13.7. The summed E-state index contributed by atoms with van der Waals surface area (Å²) in [5.74, 6) is -0.574. The molecule has 2 N–H and O–H groups in total. The van der Waals surface area contributed by atoms with Crippen LogP contribution in [0.5, 0.6) is 5.75 Å². The summed E-state index contributed by atoms with van der Waals surface area (Å²) < 4.78 is 18.5. The minimum Gasteiger partial charge on any atom is -0.494 e. The summed E-state index contributed by atoms with van der Waals surface area (Å²) in [5.41, 5.74) is -0.834. The average Bonchev–Trinajstić information content (AvgIpc) is 2.63. The lowest BCUT2D eigenvalue weighted by Gasteiger charge is -2.31. The minimum atomic E-state index is -1.67. The van der Waals surface area contributed by atoms with E-state index in [1.807, 2.05) is 0 Å². The maximum atomic E-state index is 13.7. The number of methoxy groups -OCH3 is 1. The number of hydrogen-bond donors (Lipinski definition) is 2. The molecule has 6 heteroatoms. The molecule has 0 aliphatic carbocycles. The van der Waals surface area contributed by atoms with Gasteiger partial charge in [0.05, 0.1) is 13.7 Å². The predicted octanol–water partition coefficient (Wildman–Crippen LogP) is 1.88. The van der Waals surface area contributed by atoms with E-state index in [9.17, 15) is 14.3 Å². The highest BCUT2D eigenvalue weighted by atomic mass is 19.1. The van der Waals surface area contributed by atoms with E-state index in [2.05, 4.69) is 0 Å². The van der Waals surface area contributed by atoms with Gasteiger partial charge in [0, 0.05) is 5.56 Å². The standard InChI is InChI=1S/C12H14FNO4/c1-3-12(17)8-5-9(13)10(18-2)4-7(8)6-14(12)11(15)16/h4-5,17H,3,6H2,1-2H3,(H,15,16). The zero-order valence-electron chi connectivity index (χ0n) is 10.1. The normalized spacial score (nSPS) is 21.9. The van der Waals surface area contributed by atoms with Crippen molar-refractivity contribution in [3.8, 4) is 5.75 Å². The molecule has 5 nitrogen and oxygen atoms in total. The summed E-state index contributed by atoms with van der Waals surface area (Å²) in [6.07, 6.45) is -1.09. The van der Waals surface area contributed by atoms with Gasteiger partial charge in [0.25, 0.3) is 0 Å². The molecule has 2 rings (SSSR count). The third kappa shape index (κ3) is 1.60. The number of amides is 1. The Hall–Kier alpha value is -1.82. The van der Waals surface area contributed by atoms with E-state index in [1.165, 1.54) is 13.2 Å². The number of aliphatic hydroxyl groups is 1. The summed E-state index contributed by atoms with van der Waals surface area (Å²) in [7, 11) is 1.33. The van der Waals surface area contributed by atoms with Crippen molar-refractivity contribution < 1.29 is 24.1 Å². The summed E-state index contributed by atoms with van der Waals surface area (Å²) in [5, 5.41) is 19.5. The van der Waals surface area contributed by atoms with Crippen LogP contribution in [0.3, 0.4) is 0 Å². The lowest BCUT2D eigenvalue weighted by Crippen LogP contribution is -2.43. The topological polar surface area (TPSA) is 70.0 Å². The van der Waals surface area contributed by atoms with Crippen molar-refractivity contribution in [2.45, 2.75) is 25.6 Å².